The maximum absolute atomic E-state index is 12.1. The van der Waals surface area contributed by atoms with Crippen LogP contribution in [0.25, 0.3) is 0 Å². The summed E-state index contributed by atoms with van der Waals surface area (Å²) in [5.74, 6) is -0.907. The molecule has 1 aromatic carbocycles. The molecule has 1 saturated heterocycles. The molecular formula is C15H18ClNO5. The van der Waals surface area contributed by atoms with Crippen molar-refractivity contribution in [1.29, 1.82) is 0 Å². The van der Waals surface area contributed by atoms with Gasteiger partial charge in [0.25, 0.3) is 5.91 Å². The summed E-state index contributed by atoms with van der Waals surface area (Å²) in [4.78, 5) is 23.1. The van der Waals surface area contributed by atoms with E-state index in [0.717, 1.165) is 0 Å². The van der Waals surface area contributed by atoms with Crippen LogP contribution in [0.5, 0.6) is 5.75 Å². The predicted octanol–water partition coefficient (Wildman–Crippen LogP) is 1.86. The molecule has 1 aliphatic rings. The normalized spacial score (nSPS) is 16.8. The summed E-state index contributed by atoms with van der Waals surface area (Å²) in [7, 11) is 0. The van der Waals surface area contributed by atoms with Gasteiger partial charge in [-0.05, 0) is 25.0 Å². The van der Waals surface area contributed by atoms with Crippen molar-refractivity contribution in [1.82, 2.24) is 5.32 Å². The minimum absolute atomic E-state index is 0.131. The molecule has 0 aromatic heterocycles. The molecule has 0 unspecified atom stereocenters. The van der Waals surface area contributed by atoms with E-state index in [1.807, 2.05) is 0 Å². The van der Waals surface area contributed by atoms with Crippen LogP contribution in [-0.4, -0.2) is 42.3 Å². The Balaban J connectivity index is 1.93. The zero-order chi connectivity index (χ0) is 16.0. The Bertz CT molecular complexity index is 542. The number of aliphatic carboxylic acids is 1. The number of hydrogen-bond donors (Lipinski definition) is 2. The molecule has 22 heavy (non-hydrogen) atoms. The lowest BCUT2D eigenvalue weighted by molar-refractivity contribution is -0.140. The second-order valence-electron chi connectivity index (χ2n) is 5.23. The second-order valence-corrected chi connectivity index (χ2v) is 5.64. The number of amides is 1. The van der Waals surface area contributed by atoms with Crippen molar-refractivity contribution >= 4 is 23.5 Å². The molecule has 1 amide bonds. The number of ether oxygens (including phenoxy) is 2. The molecule has 7 heteroatoms. The summed E-state index contributed by atoms with van der Waals surface area (Å²) < 4.78 is 10.6. The summed E-state index contributed by atoms with van der Waals surface area (Å²) >= 11 is 5.94. The third kappa shape index (κ3) is 4.61. The first-order valence-corrected chi connectivity index (χ1v) is 7.36. The van der Waals surface area contributed by atoms with E-state index in [1.165, 1.54) is 0 Å². The van der Waals surface area contributed by atoms with Crippen LogP contribution in [-0.2, 0) is 14.3 Å². The van der Waals surface area contributed by atoms with Gasteiger partial charge in [-0.25, -0.2) is 0 Å². The van der Waals surface area contributed by atoms with E-state index in [0.29, 0.717) is 36.8 Å². The van der Waals surface area contributed by atoms with Gasteiger partial charge < -0.3 is 19.9 Å². The lowest BCUT2D eigenvalue weighted by atomic mass is 9.86. The van der Waals surface area contributed by atoms with Gasteiger partial charge in [0.2, 0.25) is 0 Å². The number of halogens is 1. The molecular weight excluding hydrogens is 310 g/mol. The summed E-state index contributed by atoms with van der Waals surface area (Å²) in [6.45, 7) is 0.643. The van der Waals surface area contributed by atoms with Crippen LogP contribution in [0.2, 0.25) is 5.02 Å². The van der Waals surface area contributed by atoms with E-state index in [9.17, 15) is 9.59 Å². The summed E-state index contributed by atoms with van der Waals surface area (Å²) in [5, 5.41) is 12.3. The molecule has 0 saturated carbocycles. The van der Waals surface area contributed by atoms with Crippen molar-refractivity contribution in [3.63, 3.8) is 0 Å². The van der Waals surface area contributed by atoms with E-state index < -0.39 is 11.5 Å². The van der Waals surface area contributed by atoms with Crippen LogP contribution in [0.3, 0.4) is 0 Å². The van der Waals surface area contributed by atoms with E-state index in [4.69, 9.17) is 26.2 Å². The Labute approximate surface area is 133 Å². The summed E-state index contributed by atoms with van der Waals surface area (Å²) in [5.41, 5.74) is -0.773. The molecule has 2 rings (SSSR count). The minimum Gasteiger partial charge on any atom is -0.482 e. The van der Waals surface area contributed by atoms with Gasteiger partial charge in [-0.1, -0.05) is 23.7 Å². The lowest BCUT2D eigenvalue weighted by Gasteiger charge is -2.36. The number of hydrogen-bond acceptors (Lipinski definition) is 4. The third-order valence-electron chi connectivity index (χ3n) is 3.54. The fourth-order valence-corrected chi connectivity index (χ4v) is 2.62. The molecule has 1 aliphatic heterocycles. The lowest BCUT2D eigenvalue weighted by Crippen LogP contribution is -2.54. The largest absolute Gasteiger partial charge is 0.482 e. The number of para-hydroxylation sites is 1. The SMILES string of the molecule is O=C(O)CC1(NC(=O)COc2ccccc2Cl)CCOCC1. The minimum atomic E-state index is -0.950. The van der Waals surface area contributed by atoms with Crippen molar-refractivity contribution in [3.8, 4) is 5.75 Å². The Hall–Kier alpha value is -1.79. The number of carbonyl (C=O) groups excluding carboxylic acids is 1. The highest BCUT2D eigenvalue weighted by atomic mass is 35.5. The molecule has 1 fully saturated rings. The molecule has 1 aromatic rings. The van der Waals surface area contributed by atoms with Crippen LogP contribution < -0.4 is 10.1 Å². The quantitative estimate of drug-likeness (QED) is 0.833. The molecule has 0 spiro atoms. The van der Waals surface area contributed by atoms with Crippen molar-refractivity contribution in [3.05, 3.63) is 29.3 Å². The molecule has 0 bridgehead atoms. The Morgan fingerprint density at radius 2 is 2.00 bits per heavy atom. The first kappa shape index (κ1) is 16.6. The topological polar surface area (TPSA) is 84.9 Å². The van der Waals surface area contributed by atoms with E-state index >= 15 is 0 Å². The molecule has 1 heterocycles. The highest BCUT2D eigenvalue weighted by molar-refractivity contribution is 6.32. The molecule has 2 N–H and O–H groups in total. The van der Waals surface area contributed by atoms with Crippen molar-refractivity contribution in [2.45, 2.75) is 24.8 Å². The van der Waals surface area contributed by atoms with Crippen LogP contribution in [0.15, 0.2) is 24.3 Å². The number of nitrogens with one attached hydrogen (secondary N) is 1. The molecule has 6 nitrogen and oxygen atoms in total. The standard InChI is InChI=1S/C15H18ClNO5/c16-11-3-1-2-4-12(11)22-10-13(18)17-15(9-14(19)20)5-7-21-8-6-15/h1-4H,5-10H2,(H,17,18)(H,19,20). The Morgan fingerprint density at radius 1 is 1.32 bits per heavy atom. The van der Waals surface area contributed by atoms with Crippen molar-refractivity contribution in [2.75, 3.05) is 19.8 Å². The first-order chi connectivity index (χ1) is 10.5. The van der Waals surface area contributed by atoms with Gasteiger partial charge in [-0.2, -0.15) is 0 Å². The Morgan fingerprint density at radius 3 is 2.64 bits per heavy atom. The zero-order valence-corrected chi connectivity index (χ0v) is 12.8. The van der Waals surface area contributed by atoms with E-state index in [1.54, 1.807) is 24.3 Å². The number of rotatable bonds is 6. The van der Waals surface area contributed by atoms with Crippen molar-refractivity contribution < 1.29 is 24.2 Å². The van der Waals surface area contributed by atoms with Gasteiger partial charge >= 0.3 is 5.97 Å². The van der Waals surface area contributed by atoms with Gasteiger partial charge in [0.15, 0.2) is 6.61 Å². The molecule has 0 radical (unpaired) electrons. The summed E-state index contributed by atoms with van der Waals surface area (Å²) in [6.07, 6.45) is 0.808. The monoisotopic (exact) mass is 327 g/mol. The Kier molecular flexibility index (Phi) is 5.63. The van der Waals surface area contributed by atoms with Gasteiger partial charge in [-0.3, -0.25) is 9.59 Å². The second kappa shape index (κ2) is 7.47. The summed E-state index contributed by atoms with van der Waals surface area (Å²) in [6, 6.07) is 6.85. The van der Waals surface area contributed by atoms with E-state index in [-0.39, 0.29) is 18.9 Å². The number of carboxylic acids is 1. The number of benzene rings is 1. The van der Waals surface area contributed by atoms with E-state index in [2.05, 4.69) is 5.32 Å². The first-order valence-electron chi connectivity index (χ1n) is 6.99. The zero-order valence-electron chi connectivity index (χ0n) is 12.0. The maximum Gasteiger partial charge on any atom is 0.305 e. The molecule has 120 valence electrons. The molecule has 0 atom stereocenters. The van der Waals surface area contributed by atoms with Crippen LogP contribution in [0.1, 0.15) is 19.3 Å². The third-order valence-corrected chi connectivity index (χ3v) is 3.85. The van der Waals surface area contributed by atoms with Crippen LogP contribution >= 0.6 is 11.6 Å². The highest BCUT2D eigenvalue weighted by Crippen LogP contribution is 2.25. The van der Waals surface area contributed by atoms with Gasteiger partial charge in [0, 0.05) is 13.2 Å². The van der Waals surface area contributed by atoms with Crippen molar-refractivity contribution in [2.24, 2.45) is 0 Å². The predicted molar refractivity (Wildman–Crippen MR) is 80.1 cm³/mol. The average molecular weight is 328 g/mol. The van der Waals surface area contributed by atoms with Crippen LogP contribution in [0.4, 0.5) is 0 Å². The van der Waals surface area contributed by atoms with Crippen LogP contribution in [0, 0.1) is 0 Å². The van der Waals surface area contributed by atoms with Gasteiger partial charge in [0.05, 0.1) is 17.0 Å². The fraction of sp³-hybridized carbons (Fsp3) is 0.467. The fourth-order valence-electron chi connectivity index (χ4n) is 2.43. The highest BCUT2D eigenvalue weighted by Gasteiger charge is 2.36. The average Bonchev–Trinajstić information content (AvgIpc) is 2.46. The number of carboxylic acid groups (broad SMARTS) is 1. The smallest absolute Gasteiger partial charge is 0.305 e. The van der Waals surface area contributed by atoms with Gasteiger partial charge in [0.1, 0.15) is 5.75 Å². The maximum atomic E-state index is 12.1. The molecule has 0 aliphatic carbocycles. The van der Waals surface area contributed by atoms with Gasteiger partial charge in [-0.15, -0.1) is 0 Å². The number of carbonyl (C=O) groups is 2.